The summed E-state index contributed by atoms with van der Waals surface area (Å²) < 4.78 is 0. The van der Waals surface area contributed by atoms with E-state index in [1.165, 1.54) is 12.4 Å². The van der Waals surface area contributed by atoms with E-state index < -0.39 is 0 Å². The highest BCUT2D eigenvalue weighted by atomic mass is 35.5. The summed E-state index contributed by atoms with van der Waals surface area (Å²) in [4.78, 5) is 19.7. The van der Waals surface area contributed by atoms with Crippen LogP contribution in [-0.2, 0) is 11.2 Å². The van der Waals surface area contributed by atoms with Crippen molar-refractivity contribution in [3.05, 3.63) is 47.4 Å². The molecule has 0 radical (unpaired) electrons. The van der Waals surface area contributed by atoms with Gasteiger partial charge in [-0.15, -0.1) is 0 Å². The van der Waals surface area contributed by atoms with E-state index in [1.807, 2.05) is 0 Å². The highest BCUT2D eigenvalue weighted by molar-refractivity contribution is 6.30. The van der Waals surface area contributed by atoms with Crippen molar-refractivity contribution < 1.29 is 4.79 Å². The number of aromatic nitrogens is 2. The number of nitrogens with one attached hydrogen (secondary N) is 1. The minimum atomic E-state index is -0.193. The van der Waals surface area contributed by atoms with Crippen LogP contribution in [0.1, 0.15) is 5.69 Å². The number of rotatable bonds is 3. The zero-order chi connectivity index (χ0) is 13.0. The lowest BCUT2D eigenvalue weighted by Crippen LogP contribution is -2.15. The topological polar surface area (TPSA) is 80.9 Å². The maximum Gasteiger partial charge on any atom is 0.231 e. The van der Waals surface area contributed by atoms with E-state index in [0.29, 0.717) is 22.2 Å². The first-order valence-electron chi connectivity index (χ1n) is 5.25. The van der Waals surface area contributed by atoms with Gasteiger partial charge >= 0.3 is 0 Å². The summed E-state index contributed by atoms with van der Waals surface area (Å²) in [5, 5.41) is 3.17. The molecule has 0 aliphatic heterocycles. The van der Waals surface area contributed by atoms with Crippen molar-refractivity contribution >= 4 is 29.0 Å². The Kier molecular flexibility index (Phi) is 3.74. The molecule has 0 spiro atoms. The number of nitrogens with zero attached hydrogens (tertiary/aromatic N) is 2. The van der Waals surface area contributed by atoms with Gasteiger partial charge in [0.25, 0.3) is 0 Å². The van der Waals surface area contributed by atoms with E-state index in [1.54, 1.807) is 24.3 Å². The highest BCUT2D eigenvalue weighted by Gasteiger charge is 2.05. The molecule has 0 saturated carbocycles. The first-order valence-corrected chi connectivity index (χ1v) is 5.63. The van der Waals surface area contributed by atoms with Crippen LogP contribution >= 0.6 is 11.6 Å². The Morgan fingerprint density at radius 1 is 1.22 bits per heavy atom. The highest BCUT2D eigenvalue weighted by Crippen LogP contribution is 2.10. The fraction of sp³-hybridized carbons (Fsp3) is 0.0833. The fourth-order valence-electron chi connectivity index (χ4n) is 1.34. The van der Waals surface area contributed by atoms with E-state index in [2.05, 4.69) is 15.3 Å². The molecule has 6 heteroatoms. The minimum absolute atomic E-state index is 0.171. The molecule has 2 heterocycles. The minimum Gasteiger partial charge on any atom is -0.397 e. The number of anilines is 2. The molecule has 0 aliphatic carbocycles. The van der Waals surface area contributed by atoms with Crippen LogP contribution in [0.2, 0.25) is 5.02 Å². The zero-order valence-corrected chi connectivity index (χ0v) is 10.2. The lowest BCUT2D eigenvalue weighted by Gasteiger charge is -2.04. The molecule has 3 N–H and O–H groups in total. The molecule has 2 aromatic heterocycles. The second-order valence-corrected chi connectivity index (χ2v) is 4.11. The molecule has 1 amide bonds. The monoisotopic (exact) mass is 262 g/mol. The first-order chi connectivity index (χ1) is 8.63. The summed E-state index contributed by atoms with van der Waals surface area (Å²) in [6.45, 7) is 0. The standard InChI is InChI=1S/C12H11ClN4O/c13-8-1-4-11(16-6-8)17-12(18)5-10-3-2-9(14)7-15-10/h1-4,6-7H,5,14H2,(H,16,17,18). The van der Waals surface area contributed by atoms with Crippen LogP contribution in [0.25, 0.3) is 0 Å². The smallest absolute Gasteiger partial charge is 0.231 e. The van der Waals surface area contributed by atoms with Crippen molar-refractivity contribution in [1.29, 1.82) is 0 Å². The van der Waals surface area contributed by atoms with E-state index >= 15 is 0 Å². The molecular weight excluding hydrogens is 252 g/mol. The number of carbonyl (C=O) groups excluding carboxylic acids is 1. The van der Waals surface area contributed by atoms with Crippen LogP contribution in [0.4, 0.5) is 11.5 Å². The van der Waals surface area contributed by atoms with E-state index in [4.69, 9.17) is 17.3 Å². The van der Waals surface area contributed by atoms with Crippen molar-refractivity contribution in [3.63, 3.8) is 0 Å². The van der Waals surface area contributed by atoms with E-state index in [9.17, 15) is 4.79 Å². The number of nitrogen functional groups attached to an aromatic ring is 1. The van der Waals surface area contributed by atoms with Gasteiger partial charge in [-0.05, 0) is 24.3 Å². The predicted molar refractivity (Wildman–Crippen MR) is 70.2 cm³/mol. The Balaban J connectivity index is 1.96. The lowest BCUT2D eigenvalue weighted by molar-refractivity contribution is -0.115. The maximum atomic E-state index is 11.7. The van der Waals surface area contributed by atoms with E-state index in [0.717, 1.165) is 0 Å². The van der Waals surface area contributed by atoms with Crippen LogP contribution in [0.15, 0.2) is 36.7 Å². The van der Waals surface area contributed by atoms with Crippen molar-refractivity contribution in [2.24, 2.45) is 0 Å². The summed E-state index contributed by atoms with van der Waals surface area (Å²) in [6.07, 6.45) is 3.16. The van der Waals surface area contributed by atoms with Gasteiger partial charge in [-0.25, -0.2) is 4.98 Å². The number of hydrogen-bond acceptors (Lipinski definition) is 4. The third kappa shape index (κ3) is 3.43. The Morgan fingerprint density at radius 2 is 2.06 bits per heavy atom. The maximum absolute atomic E-state index is 11.7. The molecule has 0 fully saturated rings. The van der Waals surface area contributed by atoms with Gasteiger partial charge in [0, 0.05) is 11.9 Å². The summed E-state index contributed by atoms with van der Waals surface area (Å²) >= 11 is 5.70. The summed E-state index contributed by atoms with van der Waals surface area (Å²) in [7, 11) is 0. The normalized spacial score (nSPS) is 10.1. The summed E-state index contributed by atoms with van der Waals surface area (Å²) in [5.41, 5.74) is 6.73. The number of amides is 1. The Morgan fingerprint density at radius 3 is 2.67 bits per heavy atom. The average molecular weight is 263 g/mol. The molecule has 0 saturated heterocycles. The van der Waals surface area contributed by atoms with E-state index in [-0.39, 0.29) is 12.3 Å². The van der Waals surface area contributed by atoms with Gasteiger partial charge in [0.05, 0.1) is 23.3 Å². The van der Waals surface area contributed by atoms with Gasteiger partial charge in [0.2, 0.25) is 5.91 Å². The number of halogens is 1. The second kappa shape index (κ2) is 5.46. The molecule has 5 nitrogen and oxygen atoms in total. The van der Waals surface area contributed by atoms with Gasteiger partial charge in [-0.1, -0.05) is 11.6 Å². The Bertz CT molecular complexity index is 490. The molecule has 92 valence electrons. The largest absolute Gasteiger partial charge is 0.397 e. The molecule has 2 rings (SSSR count). The van der Waals surface area contributed by atoms with Crippen molar-refractivity contribution in [2.45, 2.75) is 6.42 Å². The average Bonchev–Trinajstić information content (AvgIpc) is 2.35. The Hall–Kier alpha value is -2.14. The second-order valence-electron chi connectivity index (χ2n) is 3.67. The van der Waals surface area contributed by atoms with Crippen molar-refractivity contribution in [2.75, 3.05) is 11.1 Å². The SMILES string of the molecule is Nc1ccc(CC(=O)Nc2ccc(Cl)cn2)nc1. The third-order valence-electron chi connectivity index (χ3n) is 2.18. The molecule has 0 atom stereocenters. The van der Waals surface area contributed by atoms with Crippen LogP contribution < -0.4 is 11.1 Å². The molecule has 0 aliphatic rings. The number of pyridine rings is 2. The van der Waals surface area contributed by atoms with Crippen molar-refractivity contribution in [1.82, 2.24) is 9.97 Å². The van der Waals surface area contributed by atoms with Gasteiger partial charge in [-0.2, -0.15) is 0 Å². The Labute approximate surface area is 109 Å². The molecule has 18 heavy (non-hydrogen) atoms. The number of carbonyl (C=O) groups is 1. The lowest BCUT2D eigenvalue weighted by atomic mass is 10.2. The molecule has 0 aromatic carbocycles. The predicted octanol–water partition coefficient (Wildman–Crippen LogP) is 1.89. The van der Waals surface area contributed by atoms with Gasteiger partial charge < -0.3 is 11.1 Å². The zero-order valence-electron chi connectivity index (χ0n) is 9.43. The van der Waals surface area contributed by atoms with Gasteiger partial charge in [0.1, 0.15) is 5.82 Å². The van der Waals surface area contributed by atoms with Crippen molar-refractivity contribution in [3.8, 4) is 0 Å². The van der Waals surface area contributed by atoms with Gasteiger partial charge in [0.15, 0.2) is 0 Å². The quantitative estimate of drug-likeness (QED) is 0.885. The summed E-state index contributed by atoms with van der Waals surface area (Å²) in [6, 6.07) is 6.71. The van der Waals surface area contributed by atoms with Crippen LogP contribution in [-0.4, -0.2) is 15.9 Å². The van der Waals surface area contributed by atoms with Gasteiger partial charge in [-0.3, -0.25) is 9.78 Å². The molecular formula is C12H11ClN4O. The van der Waals surface area contributed by atoms with Crippen LogP contribution in [0.5, 0.6) is 0 Å². The third-order valence-corrected chi connectivity index (χ3v) is 2.41. The number of nitrogens with two attached hydrogens (primary N) is 1. The molecule has 2 aromatic rings. The molecule has 0 bridgehead atoms. The van der Waals surface area contributed by atoms with Crippen LogP contribution in [0, 0.1) is 0 Å². The first kappa shape index (κ1) is 12.3. The number of hydrogen-bond donors (Lipinski definition) is 2. The molecule has 0 unspecified atom stereocenters. The fourth-order valence-corrected chi connectivity index (χ4v) is 1.45. The van der Waals surface area contributed by atoms with Crippen LogP contribution in [0.3, 0.4) is 0 Å². The summed E-state index contributed by atoms with van der Waals surface area (Å²) in [5.74, 6) is 0.266.